The van der Waals surface area contributed by atoms with Gasteiger partial charge in [-0.25, -0.2) is 0 Å². The van der Waals surface area contributed by atoms with E-state index in [1.165, 1.54) is 28.3 Å². The molecule has 0 aromatic heterocycles. The number of hydrogen-bond donors (Lipinski definition) is 0. The highest BCUT2D eigenvalue weighted by molar-refractivity contribution is 7.20. The average Bonchev–Trinajstić information content (AvgIpc) is 3.23. The molecule has 1 saturated carbocycles. The van der Waals surface area contributed by atoms with Crippen LogP contribution in [-0.2, 0) is 5.41 Å². The second-order valence-electron chi connectivity index (χ2n) is 10.4. The Balaban J connectivity index is 1.74. The molecule has 1 nitrogen and oxygen atoms in total. The summed E-state index contributed by atoms with van der Waals surface area (Å²) in [5.41, 5.74) is 9.04. The van der Waals surface area contributed by atoms with Gasteiger partial charge in [0.2, 0.25) is 0 Å². The summed E-state index contributed by atoms with van der Waals surface area (Å²) in [7, 11) is 1.52. The summed E-state index contributed by atoms with van der Waals surface area (Å²) in [5, 5.41) is 1.68. The molecule has 3 atom stereocenters. The van der Waals surface area contributed by atoms with Gasteiger partial charge in [-0.05, 0) is 45.3 Å². The Hall–Kier alpha value is -1.76. The van der Waals surface area contributed by atoms with E-state index in [1.54, 1.807) is 11.1 Å². The van der Waals surface area contributed by atoms with E-state index in [-0.39, 0.29) is 16.4 Å². The minimum absolute atomic E-state index is 0.0196. The number of fused-ring (bicyclic) bond motifs is 5. The maximum absolute atomic E-state index is 13.7. The van der Waals surface area contributed by atoms with E-state index in [4.69, 9.17) is 0 Å². The van der Waals surface area contributed by atoms with Gasteiger partial charge in [0.25, 0.3) is 0 Å². The molecule has 28 heavy (non-hydrogen) atoms. The highest BCUT2D eigenvalue weighted by Crippen LogP contribution is 2.77. The minimum Gasteiger partial charge on any atom is -0.289 e. The maximum Gasteiger partial charge on any atom is 0.194 e. The molecule has 0 heterocycles. The molecule has 2 bridgehead atoms. The van der Waals surface area contributed by atoms with Crippen LogP contribution in [0.2, 0.25) is 19.6 Å². The molecule has 6 aliphatic rings. The number of hydrogen-bond acceptors (Lipinski definition) is 1. The van der Waals surface area contributed by atoms with Crippen LogP contribution in [0.4, 0.5) is 0 Å². The summed E-state index contributed by atoms with van der Waals surface area (Å²) < 4.78 is 0. The highest BCUT2D eigenvalue weighted by atomic mass is 31.0. The van der Waals surface area contributed by atoms with Crippen LogP contribution in [0.1, 0.15) is 50.9 Å². The highest BCUT2D eigenvalue weighted by Gasteiger charge is 2.72. The molecule has 138 valence electrons. The third-order valence-corrected chi connectivity index (χ3v) is 11.1. The molecule has 0 amide bonds. The molecule has 2 aromatic carbocycles. The molecule has 1 fully saturated rings. The van der Waals surface area contributed by atoms with Gasteiger partial charge in [0.1, 0.15) is 0 Å². The van der Waals surface area contributed by atoms with Crippen molar-refractivity contribution in [2.75, 3.05) is 0 Å². The van der Waals surface area contributed by atoms with Crippen molar-refractivity contribution in [1.29, 1.82) is 0 Å². The molecule has 6 aliphatic carbocycles. The van der Waals surface area contributed by atoms with Crippen LogP contribution in [0, 0.1) is 0 Å². The lowest BCUT2D eigenvalue weighted by Gasteiger charge is -2.43. The first-order valence-electron chi connectivity index (χ1n) is 10.4. The van der Waals surface area contributed by atoms with Crippen molar-refractivity contribution in [2.45, 2.75) is 48.5 Å². The lowest BCUT2D eigenvalue weighted by molar-refractivity contribution is 0.104. The Morgan fingerprint density at radius 1 is 1.00 bits per heavy atom. The van der Waals surface area contributed by atoms with Crippen molar-refractivity contribution in [3.05, 3.63) is 76.4 Å². The minimum atomic E-state index is -1.73. The monoisotopic (exact) mass is 398 g/mol. The predicted molar refractivity (Wildman–Crippen MR) is 121 cm³/mol. The lowest BCUT2D eigenvalue weighted by atomic mass is 9.63. The van der Waals surface area contributed by atoms with Crippen molar-refractivity contribution in [1.82, 2.24) is 0 Å². The Labute approximate surface area is 169 Å². The van der Waals surface area contributed by atoms with Crippen LogP contribution in [0.15, 0.2) is 48.6 Å². The van der Waals surface area contributed by atoms with E-state index >= 15 is 0 Å². The molecule has 2 unspecified atom stereocenters. The van der Waals surface area contributed by atoms with Crippen molar-refractivity contribution in [3.8, 4) is 11.1 Å². The zero-order valence-corrected chi connectivity index (χ0v) is 18.6. The third kappa shape index (κ3) is 1.44. The molecule has 1 spiro atoms. The van der Waals surface area contributed by atoms with Gasteiger partial charge in [-0.3, -0.25) is 4.79 Å². The van der Waals surface area contributed by atoms with Gasteiger partial charge in [0.15, 0.2) is 5.78 Å². The van der Waals surface area contributed by atoms with Gasteiger partial charge in [0.05, 0.1) is 8.07 Å². The summed E-state index contributed by atoms with van der Waals surface area (Å²) in [6.07, 6.45) is 11.0. The van der Waals surface area contributed by atoms with Gasteiger partial charge in [0, 0.05) is 27.6 Å². The zero-order chi connectivity index (χ0) is 19.2. The first-order valence-corrected chi connectivity index (χ1v) is 14.4. The molecule has 3 heteroatoms. The summed E-state index contributed by atoms with van der Waals surface area (Å²) in [6.45, 7) is 7.27. The Morgan fingerprint density at radius 3 is 2.36 bits per heavy atom. The molecule has 0 radical (unpaired) electrons. The molecule has 2 aromatic rings. The topological polar surface area (TPSA) is 17.1 Å². The molecule has 0 saturated heterocycles. The van der Waals surface area contributed by atoms with Crippen molar-refractivity contribution >= 4 is 28.3 Å². The van der Waals surface area contributed by atoms with Gasteiger partial charge in [-0.2, -0.15) is 0 Å². The van der Waals surface area contributed by atoms with Gasteiger partial charge in [-0.1, -0.05) is 68.2 Å². The Bertz CT molecular complexity index is 1210. The van der Waals surface area contributed by atoms with Crippen LogP contribution in [0.25, 0.3) is 11.1 Å². The van der Waals surface area contributed by atoms with Crippen LogP contribution >= 0.6 is 9.24 Å². The maximum atomic E-state index is 13.7. The van der Waals surface area contributed by atoms with Crippen molar-refractivity contribution < 1.29 is 4.79 Å². The number of carbonyl (C=O) groups excluding carboxylic acids is 1. The first kappa shape index (κ1) is 16.1. The standard InChI is InChI=1S/C25H23OPSi/c1-28(2,3)23-19-16-12-25(16,27)24-10-8-13(9-11-24)17(21(19)24)18-14-6-4-5-7-15(14)22(26)20(18)23/h4-11,13,16H,12,27H2,1-3H3/t13?,16?,24?,25-/m0/s1. The quantitative estimate of drug-likeness (QED) is 0.320. The average molecular weight is 399 g/mol. The van der Waals surface area contributed by atoms with E-state index in [0.29, 0.717) is 11.8 Å². The van der Waals surface area contributed by atoms with Crippen molar-refractivity contribution in [3.63, 3.8) is 0 Å². The van der Waals surface area contributed by atoms with E-state index in [9.17, 15) is 4.79 Å². The number of rotatable bonds is 1. The fourth-order valence-electron chi connectivity index (χ4n) is 6.86. The van der Waals surface area contributed by atoms with Crippen LogP contribution < -0.4 is 5.19 Å². The summed E-state index contributed by atoms with van der Waals surface area (Å²) in [6, 6.07) is 8.30. The number of carbonyl (C=O) groups is 1. The summed E-state index contributed by atoms with van der Waals surface area (Å²) in [5.74, 6) is 1.17. The largest absolute Gasteiger partial charge is 0.289 e. The number of benzene rings is 2. The van der Waals surface area contributed by atoms with E-state index in [2.05, 4.69) is 65.3 Å². The van der Waals surface area contributed by atoms with Crippen LogP contribution in [-0.4, -0.2) is 19.0 Å². The summed E-state index contributed by atoms with van der Waals surface area (Å²) >= 11 is 0. The second kappa shape index (κ2) is 4.37. The number of ketones is 1. The van der Waals surface area contributed by atoms with Crippen LogP contribution in [0.5, 0.6) is 0 Å². The zero-order valence-electron chi connectivity index (χ0n) is 16.5. The van der Waals surface area contributed by atoms with E-state index in [1.807, 2.05) is 12.1 Å². The molecule has 0 aliphatic heterocycles. The molecular formula is C25H23OPSi. The normalized spacial score (nSPS) is 34.4. The lowest BCUT2D eigenvalue weighted by Crippen LogP contribution is -2.46. The first-order chi connectivity index (χ1) is 13.3. The van der Waals surface area contributed by atoms with Crippen molar-refractivity contribution in [2.24, 2.45) is 0 Å². The molecular weight excluding hydrogens is 375 g/mol. The SMILES string of the molecule is C[Si](C)(C)c1c2c(c3c4c1C1C[C@@]1(P)C41C=CC3C=C1)-c1ccccc1C2=O. The Kier molecular flexibility index (Phi) is 2.51. The fraction of sp³-hybridized carbons (Fsp3) is 0.320. The second-order valence-corrected chi connectivity index (χ2v) is 16.4. The Morgan fingerprint density at radius 2 is 1.68 bits per heavy atom. The smallest absolute Gasteiger partial charge is 0.194 e. The van der Waals surface area contributed by atoms with Gasteiger partial charge >= 0.3 is 0 Å². The number of allylic oxidation sites excluding steroid dienone is 4. The summed E-state index contributed by atoms with van der Waals surface area (Å²) in [4.78, 5) is 13.7. The third-order valence-electron chi connectivity index (χ3n) is 8.00. The van der Waals surface area contributed by atoms with E-state index in [0.717, 1.165) is 11.1 Å². The van der Waals surface area contributed by atoms with Gasteiger partial charge < -0.3 is 0 Å². The molecule has 0 N–H and O–H groups in total. The predicted octanol–water partition coefficient (Wildman–Crippen LogP) is 5.02. The fourth-order valence-corrected chi connectivity index (χ4v) is 9.70. The van der Waals surface area contributed by atoms with Gasteiger partial charge in [-0.15, -0.1) is 9.24 Å². The molecule has 8 rings (SSSR count). The van der Waals surface area contributed by atoms with Crippen LogP contribution in [0.3, 0.4) is 0 Å². The van der Waals surface area contributed by atoms with E-state index < -0.39 is 8.07 Å².